The minimum Gasteiger partial charge on any atom is -0.331 e. The van der Waals surface area contributed by atoms with Crippen molar-refractivity contribution in [2.75, 3.05) is 0 Å². The Morgan fingerprint density at radius 2 is 2.16 bits per heavy atom. The Bertz CT molecular complexity index is 1070. The van der Waals surface area contributed by atoms with E-state index in [0.29, 0.717) is 0 Å². The molecule has 0 fully saturated rings. The first-order chi connectivity index (χ1) is 12.2. The van der Waals surface area contributed by atoms with Crippen molar-refractivity contribution < 1.29 is 0 Å². The van der Waals surface area contributed by atoms with E-state index in [9.17, 15) is 0 Å². The van der Waals surface area contributed by atoms with Gasteiger partial charge < -0.3 is 4.57 Å². The number of fused-ring (bicyclic) bond motifs is 3. The summed E-state index contributed by atoms with van der Waals surface area (Å²) < 4.78 is 2.18. The van der Waals surface area contributed by atoms with Crippen LogP contribution in [0.4, 0.5) is 0 Å². The molecule has 1 N–H and O–H groups in total. The molecule has 0 bridgehead atoms. The highest BCUT2D eigenvalue weighted by atomic mass is 32.1. The maximum absolute atomic E-state index is 4.59. The van der Waals surface area contributed by atoms with Crippen LogP contribution >= 0.6 is 11.3 Å². The van der Waals surface area contributed by atoms with Crippen molar-refractivity contribution in [2.45, 2.75) is 26.8 Å². The minimum atomic E-state index is 0.848. The largest absolute Gasteiger partial charge is 0.331 e. The molecule has 0 unspecified atom stereocenters. The Morgan fingerprint density at radius 3 is 2.92 bits per heavy atom. The van der Waals surface area contributed by atoms with Crippen molar-refractivity contribution in [3.05, 3.63) is 69.4 Å². The van der Waals surface area contributed by atoms with Crippen molar-refractivity contribution in [1.82, 2.24) is 19.7 Å². The fourth-order valence-corrected chi connectivity index (χ4v) is 4.42. The van der Waals surface area contributed by atoms with E-state index in [4.69, 9.17) is 0 Å². The molecule has 1 aliphatic carbocycles. The summed E-state index contributed by atoms with van der Waals surface area (Å²) in [6.07, 6.45) is 4.85. The molecule has 0 amide bonds. The molecule has 0 radical (unpaired) electrons. The van der Waals surface area contributed by atoms with Crippen LogP contribution in [0.3, 0.4) is 0 Å². The first-order valence-corrected chi connectivity index (χ1v) is 9.35. The summed E-state index contributed by atoms with van der Waals surface area (Å²) in [5.41, 5.74) is 10.2. The summed E-state index contributed by atoms with van der Waals surface area (Å²) >= 11 is 1.71. The number of nitrogens with zero attached hydrogens (tertiary/aromatic N) is 3. The van der Waals surface area contributed by atoms with Gasteiger partial charge in [0.05, 0.1) is 11.4 Å². The van der Waals surface area contributed by atoms with Crippen molar-refractivity contribution in [3.63, 3.8) is 0 Å². The highest BCUT2D eigenvalue weighted by Crippen LogP contribution is 2.42. The zero-order chi connectivity index (χ0) is 17.0. The fraction of sp³-hybridized carbons (Fsp3) is 0.200. The molecule has 0 saturated carbocycles. The molecule has 5 rings (SSSR count). The first-order valence-electron chi connectivity index (χ1n) is 8.41. The minimum absolute atomic E-state index is 0.848. The van der Waals surface area contributed by atoms with Crippen molar-refractivity contribution in [3.8, 4) is 22.5 Å². The number of benzene rings is 1. The van der Waals surface area contributed by atoms with Gasteiger partial charge in [-0.25, -0.2) is 4.98 Å². The van der Waals surface area contributed by atoms with Gasteiger partial charge in [0.25, 0.3) is 0 Å². The standard InChI is InChI=1S/C20H18N4S/c1-12-7-14(10-24-5-4-21-13(24)2)8-17-16(12)9-18-19(22-23-20(17)18)15-3-6-25-11-15/h3-8,11H,9-10H2,1-2H3,(H,22,23). The normalized spacial score (nSPS) is 12.4. The number of aryl methyl sites for hydroxylation is 2. The summed E-state index contributed by atoms with van der Waals surface area (Å²) in [6, 6.07) is 6.76. The molecule has 4 aromatic rings. The van der Waals surface area contributed by atoms with E-state index in [1.165, 1.54) is 39.1 Å². The van der Waals surface area contributed by atoms with Crippen molar-refractivity contribution >= 4 is 11.3 Å². The van der Waals surface area contributed by atoms with Gasteiger partial charge in [-0.05, 0) is 48.1 Å². The van der Waals surface area contributed by atoms with Crippen molar-refractivity contribution in [1.29, 1.82) is 0 Å². The van der Waals surface area contributed by atoms with E-state index in [2.05, 4.69) is 55.6 Å². The lowest BCUT2D eigenvalue weighted by atomic mass is 9.99. The zero-order valence-corrected chi connectivity index (χ0v) is 15.0. The quantitative estimate of drug-likeness (QED) is 0.520. The first kappa shape index (κ1) is 14.7. The van der Waals surface area contributed by atoms with Crippen LogP contribution in [-0.2, 0) is 13.0 Å². The molecular weight excluding hydrogens is 328 g/mol. The Labute approximate surface area is 150 Å². The predicted octanol–water partition coefficient (Wildman–Crippen LogP) is 4.57. The summed E-state index contributed by atoms with van der Waals surface area (Å²) in [7, 11) is 0. The molecule has 124 valence electrons. The van der Waals surface area contributed by atoms with Crippen LogP contribution in [-0.4, -0.2) is 19.7 Å². The number of thiophene rings is 1. The second kappa shape index (κ2) is 5.43. The lowest BCUT2D eigenvalue weighted by Crippen LogP contribution is -2.02. The van der Waals surface area contributed by atoms with Crippen LogP contribution in [0.5, 0.6) is 0 Å². The second-order valence-electron chi connectivity index (χ2n) is 6.66. The highest BCUT2D eigenvalue weighted by Gasteiger charge is 2.27. The van der Waals surface area contributed by atoms with Gasteiger partial charge in [0.15, 0.2) is 0 Å². The van der Waals surface area contributed by atoms with Gasteiger partial charge in [0.2, 0.25) is 0 Å². The number of hydrogen-bond acceptors (Lipinski definition) is 3. The van der Waals surface area contributed by atoms with Gasteiger partial charge >= 0.3 is 0 Å². The number of nitrogens with one attached hydrogen (secondary N) is 1. The Balaban J connectivity index is 1.58. The van der Waals surface area contributed by atoms with Crippen LogP contribution in [0, 0.1) is 13.8 Å². The maximum Gasteiger partial charge on any atom is 0.105 e. The van der Waals surface area contributed by atoms with E-state index >= 15 is 0 Å². The number of aromatic amines is 1. The molecule has 0 aliphatic heterocycles. The van der Waals surface area contributed by atoms with Crippen LogP contribution < -0.4 is 0 Å². The average molecular weight is 346 g/mol. The molecule has 3 aromatic heterocycles. The third kappa shape index (κ3) is 2.27. The average Bonchev–Trinajstić information content (AvgIpc) is 3.34. The highest BCUT2D eigenvalue weighted by molar-refractivity contribution is 7.08. The number of imidazole rings is 1. The van der Waals surface area contributed by atoms with Gasteiger partial charge in [0.1, 0.15) is 5.82 Å². The Hall–Kier alpha value is -2.66. The SMILES string of the molecule is Cc1cc(Cn2ccnc2C)cc2c1Cc1c(-c3ccsc3)n[nH]c1-2. The topological polar surface area (TPSA) is 46.5 Å². The smallest absolute Gasteiger partial charge is 0.105 e. The predicted molar refractivity (Wildman–Crippen MR) is 101 cm³/mol. The van der Waals surface area contributed by atoms with Gasteiger partial charge in [-0.2, -0.15) is 16.4 Å². The monoisotopic (exact) mass is 346 g/mol. The maximum atomic E-state index is 4.59. The second-order valence-corrected chi connectivity index (χ2v) is 7.44. The fourth-order valence-electron chi connectivity index (χ4n) is 3.78. The summed E-state index contributed by atoms with van der Waals surface area (Å²) in [4.78, 5) is 4.32. The van der Waals surface area contributed by atoms with Gasteiger partial charge in [0, 0.05) is 47.4 Å². The molecular formula is C20H18N4S. The third-order valence-corrected chi connectivity index (χ3v) is 5.78. The molecule has 0 atom stereocenters. The molecule has 1 aliphatic rings. The van der Waals surface area contributed by atoms with E-state index in [-0.39, 0.29) is 0 Å². The van der Waals surface area contributed by atoms with Gasteiger partial charge in [-0.3, -0.25) is 5.10 Å². The summed E-state index contributed by atoms with van der Waals surface area (Å²) in [6.45, 7) is 5.10. The number of rotatable bonds is 3. The molecule has 3 heterocycles. The molecule has 5 heteroatoms. The van der Waals surface area contributed by atoms with E-state index in [1.54, 1.807) is 11.3 Å². The Kier molecular flexibility index (Phi) is 3.18. The number of hydrogen-bond donors (Lipinski definition) is 1. The van der Waals surface area contributed by atoms with E-state index < -0.39 is 0 Å². The Morgan fingerprint density at radius 1 is 1.24 bits per heavy atom. The van der Waals surface area contributed by atoms with Gasteiger partial charge in [-0.1, -0.05) is 6.07 Å². The van der Waals surface area contributed by atoms with E-state index in [1.807, 2.05) is 19.3 Å². The van der Waals surface area contributed by atoms with Crippen LogP contribution in [0.1, 0.15) is 28.1 Å². The van der Waals surface area contributed by atoms with E-state index in [0.717, 1.165) is 24.5 Å². The molecule has 0 saturated heterocycles. The van der Waals surface area contributed by atoms with Crippen LogP contribution in [0.2, 0.25) is 0 Å². The van der Waals surface area contributed by atoms with Crippen LogP contribution in [0.25, 0.3) is 22.5 Å². The molecule has 25 heavy (non-hydrogen) atoms. The van der Waals surface area contributed by atoms with Crippen LogP contribution in [0.15, 0.2) is 41.4 Å². The number of aromatic nitrogens is 4. The lowest BCUT2D eigenvalue weighted by Gasteiger charge is -2.11. The third-order valence-electron chi connectivity index (χ3n) is 5.09. The summed E-state index contributed by atoms with van der Waals surface area (Å²) in [5, 5.41) is 12.2. The zero-order valence-electron chi connectivity index (χ0n) is 14.2. The molecule has 1 aromatic carbocycles. The molecule has 0 spiro atoms. The van der Waals surface area contributed by atoms with Crippen molar-refractivity contribution in [2.24, 2.45) is 0 Å². The lowest BCUT2D eigenvalue weighted by molar-refractivity contribution is 0.761. The van der Waals surface area contributed by atoms with Gasteiger partial charge in [-0.15, -0.1) is 0 Å². The molecule has 4 nitrogen and oxygen atoms in total. The number of H-pyrrole nitrogens is 1. The summed E-state index contributed by atoms with van der Waals surface area (Å²) in [5.74, 6) is 1.04.